The maximum absolute atomic E-state index is 11.4. The Morgan fingerprint density at radius 3 is 2.88 bits per heavy atom. The van der Waals surface area contributed by atoms with E-state index in [0.717, 1.165) is 0 Å². The molecular weight excluding hydrogens is 226 g/mol. The molecule has 0 saturated carbocycles. The Morgan fingerprint density at radius 1 is 1.59 bits per heavy atom. The minimum absolute atomic E-state index is 0.153. The Balaban J connectivity index is 2.44. The molecule has 0 spiro atoms. The molecule has 1 heterocycles. The van der Waals surface area contributed by atoms with E-state index in [1.54, 1.807) is 14.0 Å². The Bertz CT molecular complexity index is 403. The fourth-order valence-electron chi connectivity index (χ4n) is 1.10. The minimum Gasteiger partial charge on any atom is -0.480 e. The number of carbonyl (C=O) groups is 2. The standard InChI is InChI=1S/C9H15N5O3/c1-6(10-2)9(17)11-3-7-4-14(13-12-7)5-8(15)16/h4,6,10H,3,5H2,1-2H3,(H,11,17)(H,15,16). The molecular formula is C9H15N5O3. The lowest BCUT2D eigenvalue weighted by atomic mass is 10.3. The van der Waals surface area contributed by atoms with Gasteiger partial charge in [0.1, 0.15) is 12.2 Å². The van der Waals surface area contributed by atoms with Crippen LogP contribution in [-0.4, -0.2) is 45.1 Å². The molecule has 1 aromatic heterocycles. The fourth-order valence-corrected chi connectivity index (χ4v) is 1.10. The number of carboxylic acid groups (broad SMARTS) is 1. The van der Waals surface area contributed by atoms with Crippen LogP contribution in [0.2, 0.25) is 0 Å². The highest BCUT2D eigenvalue weighted by Crippen LogP contribution is 1.93. The Hall–Kier alpha value is -1.96. The maximum atomic E-state index is 11.4. The first-order chi connectivity index (χ1) is 8.02. The van der Waals surface area contributed by atoms with E-state index in [1.807, 2.05) is 0 Å². The molecule has 8 heteroatoms. The summed E-state index contributed by atoms with van der Waals surface area (Å²) >= 11 is 0. The molecule has 0 aliphatic rings. The van der Waals surface area contributed by atoms with E-state index in [4.69, 9.17) is 5.11 Å². The van der Waals surface area contributed by atoms with Gasteiger partial charge in [0.05, 0.1) is 18.8 Å². The van der Waals surface area contributed by atoms with Crippen molar-refractivity contribution >= 4 is 11.9 Å². The maximum Gasteiger partial charge on any atom is 0.325 e. The monoisotopic (exact) mass is 241 g/mol. The third kappa shape index (κ3) is 4.19. The van der Waals surface area contributed by atoms with E-state index in [9.17, 15) is 9.59 Å². The van der Waals surface area contributed by atoms with Gasteiger partial charge in [-0.3, -0.25) is 9.59 Å². The van der Waals surface area contributed by atoms with Gasteiger partial charge in [-0.2, -0.15) is 0 Å². The summed E-state index contributed by atoms with van der Waals surface area (Å²) < 4.78 is 1.20. The second-order valence-corrected chi connectivity index (χ2v) is 3.53. The molecule has 1 rings (SSSR count). The first kappa shape index (κ1) is 13.1. The van der Waals surface area contributed by atoms with Crippen molar-refractivity contribution in [1.82, 2.24) is 25.6 Å². The second-order valence-electron chi connectivity index (χ2n) is 3.53. The van der Waals surface area contributed by atoms with Crippen LogP contribution in [0.4, 0.5) is 0 Å². The minimum atomic E-state index is -0.991. The highest BCUT2D eigenvalue weighted by molar-refractivity contribution is 5.81. The molecule has 0 saturated heterocycles. The van der Waals surface area contributed by atoms with Crippen molar-refractivity contribution in [1.29, 1.82) is 0 Å². The van der Waals surface area contributed by atoms with Crippen molar-refractivity contribution in [2.24, 2.45) is 0 Å². The molecule has 0 fully saturated rings. The van der Waals surface area contributed by atoms with Gasteiger partial charge in [-0.15, -0.1) is 5.10 Å². The predicted octanol–water partition coefficient (Wildman–Crippen LogP) is -1.41. The Kier molecular flexibility index (Phi) is 4.58. The van der Waals surface area contributed by atoms with E-state index >= 15 is 0 Å². The van der Waals surface area contributed by atoms with Crippen molar-refractivity contribution in [3.05, 3.63) is 11.9 Å². The molecule has 94 valence electrons. The largest absolute Gasteiger partial charge is 0.480 e. The number of hydrogen-bond acceptors (Lipinski definition) is 5. The van der Waals surface area contributed by atoms with Crippen LogP contribution in [0.5, 0.6) is 0 Å². The normalized spacial score (nSPS) is 12.1. The molecule has 1 atom stereocenters. The third-order valence-corrected chi connectivity index (χ3v) is 2.15. The third-order valence-electron chi connectivity index (χ3n) is 2.15. The first-order valence-corrected chi connectivity index (χ1v) is 5.08. The van der Waals surface area contributed by atoms with Crippen LogP contribution in [0.3, 0.4) is 0 Å². The number of aromatic nitrogens is 3. The number of carbonyl (C=O) groups excluding carboxylic acids is 1. The SMILES string of the molecule is CNC(C)C(=O)NCc1cn(CC(=O)O)nn1. The zero-order chi connectivity index (χ0) is 12.8. The Morgan fingerprint density at radius 2 is 2.29 bits per heavy atom. The highest BCUT2D eigenvalue weighted by atomic mass is 16.4. The lowest BCUT2D eigenvalue weighted by Crippen LogP contribution is -2.40. The van der Waals surface area contributed by atoms with E-state index in [2.05, 4.69) is 20.9 Å². The van der Waals surface area contributed by atoms with Crippen molar-refractivity contribution < 1.29 is 14.7 Å². The van der Waals surface area contributed by atoms with E-state index in [0.29, 0.717) is 5.69 Å². The molecule has 0 aromatic carbocycles. The molecule has 1 aromatic rings. The van der Waals surface area contributed by atoms with Gasteiger partial charge in [0.2, 0.25) is 5.91 Å². The molecule has 8 nitrogen and oxygen atoms in total. The van der Waals surface area contributed by atoms with Gasteiger partial charge < -0.3 is 15.7 Å². The van der Waals surface area contributed by atoms with E-state index in [-0.39, 0.29) is 25.0 Å². The summed E-state index contributed by atoms with van der Waals surface area (Å²) in [7, 11) is 1.69. The first-order valence-electron chi connectivity index (χ1n) is 5.08. The summed E-state index contributed by atoms with van der Waals surface area (Å²) in [5, 5.41) is 21.3. The lowest BCUT2D eigenvalue weighted by Gasteiger charge is -2.09. The summed E-state index contributed by atoms with van der Waals surface area (Å²) in [4.78, 5) is 21.8. The lowest BCUT2D eigenvalue weighted by molar-refractivity contribution is -0.138. The summed E-state index contributed by atoms with van der Waals surface area (Å²) in [6.45, 7) is 1.72. The summed E-state index contributed by atoms with van der Waals surface area (Å²) in [5.74, 6) is -1.14. The van der Waals surface area contributed by atoms with Gasteiger partial charge in [-0.05, 0) is 14.0 Å². The number of carboxylic acids is 1. The number of rotatable bonds is 6. The van der Waals surface area contributed by atoms with E-state index in [1.165, 1.54) is 10.9 Å². The Labute approximate surface area is 98.0 Å². The molecule has 0 radical (unpaired) electrons. The van der Waals surface area contributed by atoms with Crippen LogP contribution in [0.15, 0.2) is 6.20 Å². The van der Waals surface area contributed by atoms with Crippen LogP contribution in [0.1, 0.15) is 12.6 Å². The van der Waals surface area contributed by atoms with Crippen LogP contribution in [0.25, 0.3) is 0 Å². The number of amides is 1. The molecule has 1 unspecified atom stereocenters. The molecule has 0 bridgehead atoms. The summed E-state index contributed by atoms with van der Waals surface area (Å²) in [5.41, 5.74) is 0.517. The zero-order valence-electron chi connectivity index (χ0n) is 9.67. The van der Waals surface area contributed by atoms with Gasteiger partial charge in [0.25, 0.3) is 0 Å². The van der Waals surface area contributed by atoms with Crippen molar-refractivity contribution in [2.75, 3.05) is 7.05 Å². The van der Waals surface area contributed by atoms with Gasteiger partial charge in [-0.1, -0.05) is 5.21 Å². The number of nitrogens with zero attached hydrogens (tertiary/aromatic N) is 3. The molecule has 17 heavy (non-hydrogen) atoms. The topological polar surface area (TPSA) is 109 Å². The highest BCUT2D eigenvalue weighted by Gasteiger charge is 2.10. The molecule has 0 aliphatic carbocycles. The van der Waals surface area contributed by atoms with Crippen LogP contribution >= 0.6 is 0 Å². The predicted molar refractivity (Wildman–Crippen MR) is 58.0 cm³/mol. The van der Waals surface area contributed by atoms with Gasteiger partial charge in [-0.25, -0.2) is 4.68 Å². The van der Waals surface area contributed by atoms with Gasteiger partial charge in [0.15, 0.2) is 0 Å². The van der Waals surface area contributed by atoms with E-state index < -0.39 is 5.97 Å². The average molecular weight is 241 g/mol. The van der Waals surface area contributed by atoms with Crippen molar-refractivity contribution in [2.45, 2.75) is 26.1 Å². The van der Waals surface area contributed by atoms with Gasteiger partial charge >= 0.3 is 5.97 Å². The number of hydrogen-bond donors (Lipinski definition) is 3. The average Bonchev–Trinajstić information content (AvgIpc) is 2.71. The van der Waals surface area contributed by atoms with Crippen molar-refractivity contribution in [3.8, 4) is 0 Å². The molecule has 0 aliphatic heterocycles. The van der Waals surface area contributed by atoms with Gasteiger partial charge in [0, 0.05) is 0 Å². The molecule has 3 N–H and O–H groups in total. The molecule has 1 amide bonds. The fraction of sp³-hybridized carbons (Fsp3) is 0.556. The van der Waals surface area contributed by atoms with Crippen LogP contribution in [0, 0.1) is 0 Å². The summed E-state index contributed by atoms with van der Waals surface area (Å²) in [6, 6.07) is -0.288. The smallest absolute Gasteiger partial charge is 0.325 e. The quantitative estimate of drug-likeness (QED) is 0.564. The summed E-state index contributed by atoms with van der Waals surface area (Å²) in [6.07, 6.45) is 1.48. The number of likely N-dealkylation sites (N-methyl/N-ethyl adjacent to an activating group) is 1. The zero-order valence-corrected chi connectivity index (χ0v) is 9.67. The number of nitrogens with one attached hydrogen (secondary N) is 2. The second kappa shape index (κ2) is 5.94. The van der Waals surface area contributed by atoms with Crippen LogP contribution < -0.4 is 10.6 Å². The van der Waals surface area contributed by atoms with Crippen LogP contribution in [-0.2, 0) is 22.7 Å². The number of aliphatic carboxylic acids is 1. The van der Waals surface area contributed by atoms with Crippen molar-refractivity contribution in [3.63, 3.8) is 0 Å².